The number of carbonyl (C=O) groups is 1. The molecule has 0 atom stereocenters. The van der Waals surface area contributed by atoms with E-state index in [1.807, 2.05) is 24.3 Å². The molecule has 1 N–H and O–H groups in total. The van der Waals surface area contributed by atoms with Crippen molar-refractivity contribution in [1.82, 2.24) is 15.5 Å². The zero-order chi connectivity index (χ0) is 23.1. The van der Waals surface area contributed by atoms with Gasteiger partial charge in [-0.1, -0.05) is 33.2 Å². The van der Waals surface area contributed by atoms with E-state index < -0.39 is 10.0 Å². The van der Waals surface area contributed by atoms with E-state index >= 15 is 0 Å². The summed E-state index contributed by atoms with van der Waals surface area (Å²) in [6, 6.07) is 14.2. The molecule has 32 heavy (non-hydrogen) atoms. The highest BCUT2D eigenvalue weighted by atomic mass is 79.9. The first-order valence-electron chi connectivity index (χ1n) is 9.73. The topological polar surface area (TPSA) is 115 Å². The molecule has 3 aromatic rings. The maximum absolute atomic E-state index is 12.2. The second kappa shape index (κ2) is 10.6. The van der Waals surface area contributed by atoms with Gasteiger partial charge >= 0.3 is 0 Å². The van der Waals surface area contributed by atoms with E-state index in [0.717, 1.165) is 16.3 Å². The molecule has 0 bridgehead atoms. The van der Waals surface area contributed by atoms with Crippen LogP contribution < -0.4 is 14.4 Å². The van der Waals surface area contributed by atoms with E-state index in [1.165, 1.54) is 11.4 Å². The number of methoxy groups -OCH3 is 1. The van der Waals surface area contributed by atoms with Gasteiger partial charge in [0, 0.05) is 23.0 Å². The Hall–Kier alpha value is -2.92. The van der Waals surface area contributed by atoms with Gasteiger partial charge in [-0.2, -0.15) is 4.98 Å². The van der Waals surface area contributed by atoms with E-state index in [4.69, 9.17) is 9.26 Å². The number of benzene rings is 2. The van der Waals surface area contributed by atoms with Crippen molar-refractivity contribution in [2.75, 3.05) is 24.2 Å². The van der Waals surface area contributed by atoms with Gasteiger partial charge in [-0.25, -0.2) is 8.42 Å². The zero-order valence-electron chi connectivity index (χ0n) is 17.6. The standard InChI is InChI=1S/C21H23BrN4O5S/c1-30-18-10-8-17(9-11-18)26(32(2,28)29)12-4-7-19(27)23-14-20-24-21(25-31-20)15-5-3-6-16(22)13-15/h3,5-6,8-11,13H,4,7,12,14H2,1-2H3,(H,23,27). The predicted molar refractivity (Wildman–Crippen MR) is 124 cm³/mol. The SMILES string of the molecule is COc1ccc(N(CCCC(=O)NCc2nc(-c3cccc(Br)c3)no2)S(C)(=O)=O)cc1. The number of nitrogens with one attached hydrogen (secondary N) is 1. The third-order valence-corrected chi connectivity index (χ3v) is 6.20. The van der Waals surface area contributed by atoms with E-state index in [9.17, 15) is 13.2 Å². The molecule has 170 valence electrons. The van der Waals surface area contributed by atoms with Crippen LogP contribution in [0.4, 0.5) is 5.69 Å². The Labute approximate surface area is 194 Å². The maximum atomic E-state index is 12.2. The number of sulfonamides is 1. The second-order valence-corrected chi connectivity index (χ2v) is 9.76. The first kappa shape index (κ1) is 23.7. The van der Waals surface area contributed by atoms with Gasteiger partial charge in [-0.15, -0.1) is 0 Å². The summed E-state index contributed by atoms with van der Waals surface area (Å²) in [7, 11) is -1.95. The van der Waals surface area contributed by atoms with Crippen LogP contribution >= 0.6 is 15.9 Å². The number of amides is 1. The third-order valence-electron chi connectivity index (χ3n) is 4.51. The van der Waals surface area contributed by atoms with E-state index in [0.29, 0.717) is 23.7 Å². The van der Waals surface area contributed by atoms with Gasteiger partial charge in [-0.05, 0) is 42.8 Å². The normalized spacial score (nSPS) is 11.2. The molecular weight excluding hydrogens is 500 g/mol. The average molecular weight is 523 g/mol. The molecule has 3 rings (SSSR count). The number of rotatable bonds is 10. The third kappa shape index (κ3) is 6.54. The number of carbonyl (C=O) groups excluding carboxylic acids is 1. The van der Waals surface area contributed by atoms with Gasteiger partial charge in [0.2, 0.25) is 27.6 Å². The van der Waals surface area contributed by atoms with Crippen molar-refractivity contribution in [3.63, 3.8) is 0 Å². The lowest BCUT2D eigenvalue weighted by Gasteiger charge is -2.22. The molecule has 0 aliphatic carbocycles. The number of hydrogen-bond acceptors (Lipinski definition) is 7. The molecule has 9 nitrogen and oxygen atoms in total. The lowest BCUT2D eigenvalue weighted by Crippen LogP contribution is -2.32. The predicted octanol–water partition coefficient (Wildman–Crippen LogP) is 3.37. The Kier molecular flexibility index (Phi) is 7.86. The van der Waals surface area contributed by atoms with Crippen LogP contribution in [-0.4, -0.2) is 44.4 Å². The largest absolute Gasteiger partial charge is 0.497 e. The van der Waals surface area contributed by atoms with Crippen molar-refractivity contribution in [2.45, 2.75) is 19.4 Å². The van der Waals surface area contributed by atoms with E-state index in [1.54, 1.807) is 24.3 Å². The molecule has 0 unspecified atom stereocenters. The van der Waals surface area contributed by atoms with Crippen molar-refractivity contribution in [3.8, 4) is 17.1 Å². The summed E-state index contributed by atoms with van der Waals surface area (Å²) in [5.41, 5.74) is 1.31. The van der Waals surface area contributed by atoms with Crippen LogP contribution in [0.5, 0.6) is 5.75 Å². The van der Waals surface area contributed by atoms with Crippen LogP contribution in [0.2, 0.25) is 0 Å². The Balaban J connectivity index is 1.50. The van der Waals surface area contributed by atoms with Crippen molar-refractivity contribution in [1.29, 1.82) is 0 Å². The second-order valence-electron chi connectivity index (χ2n) is 6.94. The molecule has 0 fully saturated rings. The molecule has 0 saturated carbocycles. The van der Waals surface area contributed by atoms with Crippen LogP contribution in [0.15, 0.2) is 57.5 Å². The van der Waals surface area contributed by atoms with Gasteiger partial charge in [0.15, 0.2) is 0 Å². The Bertz CT molecular complexity index is 1160. The smallest absolute Gasteiger partial charge is 0.246 e. The van der Waals surface area contributed by atoms with Crippen molar-refractivity contribution >= 4 is 37.5 Å². The number of ether oxygens (including phenoxy) is 1. The van der Waals surface area contributed by atoms with Crippen molar-refractivity contribution in [3.05, 3.63) is 58.9 Å². The molecule has 1 heterocycles. The van der Waals surface area contributed by atoms with Gasteiger partial charge in [0.1, 0.15) is 5.75 Å². The first-order chi connectivity index (χ1) is 15.3. The molecule has 0 aliphatic rings. The maximum Gasteiger partial charge on any atom is 0.246 e. The molecule has 2 aromatic carbocycles. The lowest BCUT2D eigenvalue weighted by atomic mass is 10.2. The quantitative estimate of drug-likeness (QED) is 0.433. The molecule has 1 amide bonds. The minimum atomic E-state index is -3.49. The van der Waals surface area contributed by atoms with E-state index in [2.05, 4.69) is 31.4 Å². The molecule has 0 spiro atoms. The summed E-state index contributed by atoms with van der Waals surface area (Å²) in [4.78, 5) is 16.5. The van der Waals surface area contributed by atoms with E-state index in [-0.39, 0.29) is 31.3 Å². The van der Waals surface area contributed by atoms with Gasteiger partial charge in [-0.3, -0.25) is 9.10 Å². The Morgan fingerprint density at radius 1 is 1.22 bits per heavy atom. The Morgan fingerprint density at radius 3 is 2.62 bits per heavy atom. The number of nitrogens with zero attached hydrogens (tertiary/aromatic N) is 3. The monoisotopic (exact) mass is 522 g/mol. The number of hydrogen-bond donors (Lipinski definition) is 1. The molecule has 0 radical (unpaired) electrons. The molecular formula is C21H23BrN4O5S. The van der Waals surface area contributed by atoms with Gasteiger partial charge < -0.3 is 14.6 Å². The van der Waals surface area contributed by atoms with Crippen molar-refractivity contribution < 1.29 is 22.5 Å². The summed E-state index contributed by atoms with van der Waals surface area (Å²) in [5, 5.41) is 6.64. The van der Waals surface area contributed by atoms with Gasteiger partial charge in [0.05, 0.1) is 25.6 Å². The van der Waals surface area contributed by atoms with Crippen molar-refractivity contribution in [2.24, 2.45) is 0 Å². The Morgan fingerprint density at radius 2 is 1.97 bits per heavy atom. The van der Waals surface area contributed by atoms with Crippen LogP contribution in [0.3, 0.4) is 0 Å². The fourth-order valence-corrected chi connectivity index (χ4v) is 4.32. The number of anilines is 1. The van der Waals surface area contributed by atoms with Crippen LogP contribution in [0, 0.1) is 0 Å². The molecule has 1 aromatic heterocycles. The highest BCUT2D eigenvalue weighted by molar-refractivity contribution is 9.10. The molecule has 11 heteroatoms. The lowest BCUT2D eigenvalue weighted by molar-refractivity contribution is -0.121. The van der Waals surface area contributed by atoms with Crippen LogP contribution in [0.1, 0.15) is 18.7 Å². The number of aromatic nitrogens is 2. The van der Waals surface area contributed by atoms with Crippen LogP contribution in [0.25, 0.3) is 11.4 Å². The summed E-state index contributed by atoms with van der Waals surface area (Å²) in [5.74, 6) is 1.10. The summed E-state index contributed by atoms with van der Waals surface area (Å²) in [6.45, 7) is 0.264. The number of halogens is 1. The molecule has 0 aliphatic heterocycles. The highest BCUT2D eigenvalue weighted by Gasteiger charge is 2.18. The fraction of sp³-hybridized carbons (Fsp3) is 0.286. The molecule has 0 saturated heterocycles. The minimum absolute atomic E-state index is 0.0914. The summed E-state index contributed by atoms with van der Waals surface area (Å²) < 4.78 is 36.8. The fourth-order valence-electron chi connectivity index (χ4n) is 2.95. The average Bonchev–Trinajstić information content (AvgIpc) is 3.24. The van der Waals surface area contributed by atoms with Gasteiger partial charge in [0.25, 0.3) is 0 Å². The summed E-state index contributed by atoms with van der Waals surface area (Å²) >= 11 is 3.39. The highest BCUT2D eigenvalue weighted by Crippen LogP contribution is 2.22. The first-order valence-corrected chi connectivity index (χ1v) is 12.4. The summed E-state index contributed by atoms with van der Waals surface area (Å²) in [6.07, 6.45) is 1.63. The van der Waals surface area contributed by atoms with Crippen LogP contribution in [-0.2, 0) is 21.4 Å². The minimum Gasteiger partial charge on any atom is -0.497 e. The zero-order valence-corrected chi connectivity index (χ0v) is 20.0.